The molecule has 1 N–H and O–H groups in total. The molecule has 0 bridgehead atoms. The number of hydrogen-bond donors (Lipinski definition) is 1. The lowest BCUT2D eigenvalue weighted by Crippen LogP contribution is -2.51. The largest absolute Gasteiger partial charge is 0.322 e. The molecule has 20 heavy (non-hydrogen) atoms. The van der Waals surface area contributed by atoms with E-state index in [9.17, 15) is 4.79 Å². The number of amides is 2. The molecule has 0 spiro atoms. The summed E-state index contributed by atoms with van der Waals surface area (Å²) in [5.41, 5.74) is 1.99. The summed E-state index contributed by atoms with van der Waals surface area (Å²) in [5, 5.41) is 2.97. The first-order valence-corrected chi connectivity index (χ1v) is 7.83. The van der Waals surface area contributed by atoms with Crippen LogP contribution in [0.25, 0.3) is 0 Å². The van der Waals surface area contributed by atoms with Crippen molar-refractivity contribution in [1.29, 1.82) is 0 Å². The monoisotopic (exact) mass is 339 g/mol. The van der Waals surface area contributed by atoms with Gasteiger partial charge in [0.25, 0.3) is 0 Å². The van der Waals surface area contributed by atoms with Gasteiger partial charge < -0.3 is 10.2 Å². The third-order valence-corrected chi connectivity index (χ3v) is 4.35. The van der Waals surface area contributed by atoms with Crippen LogP contribution in [0.2, 0.25) is 0 Å². The van der Waals surface area contributed by atoms with Crippen LogP contribution in [0.15, 0.2) is 22.7 Å². The highest BCUT2D eigenvalue weighted by atomic mass is 79.9. The molecule has 0 aliphatic carbocycles. The van der Waals surface area contributed by atoms with Gasteiger partial charge in [0, 0.05) is 36.7 Å². The Labute approximate surface area is 129 Å². The van der Waals surface area contributed by atoms with Crippen molar-refractivity contribution < 1.29 is 4.79 Å². The van der Waals surface area contributed by atoms with Crippen molar-refractivity contribution in [3.8, 4) is 0 Å². The fourth-order valence-electron chi connectivity index (χ4n) is 2.36. The lowest BCUT2D eigenvalue weighted by Gasteiger charge is -2.36. The SMILES string of the molecule is Cc1ccc(NC(=O)N2CCN(C(C)C)CC2)c(Br)c1. The maximum Gasteiger partial charge on any atom is 0.321 e. The Morgan fingerprint density at radius 1 is 1.25 bits per heavy atom. The lowest BCUT2D eigenvalue weighted by atomic mass is 10.2. The molecular weight excluding hydrogens is 318 g/mol. The number of nitrogens with one attached hydrogen (secondary N) is 1. The van der Waals surface area contributed by atoms with E-state index in [1.165, 1.54) is 5.56 Å². The first-order valence-electron chi connectivity index (χ1n) is 7.03. The number of halogens is 1. The quantitative estimate of drug-likeness (QED) is 0.897. The minimum absolute atomic E-state index is 0.0158. The Hall–Kier alpha value is -1.07. The molecule has 1 saturated heterocycles. The number of aryl methyl sites for hydroxylation is 1. The van der Waals surface area contributed by atoms with Gasteiger partial charge in [-0.3, -0.25) is 4.90 Å². The van der Waals surface area contributed by atoms with Crippen LogP contribution in [0.4, 0.5) is 10.5 Å². The molecule has 1 fully saturated rings. The Bertz CT molecular complexity index is 482. The standard InChI is InChI=1S/C15H22BrN3O/c1-11(2)18-6-8-19(9-7-18)15(20)17-14-5-4-12(3)10-13(14)16/h4-5,10-11H,6-9H2,1-3H3,(H,17,20). The molecular formula is C15H22BrN3O. The van der Waals surface area contributed by atoms with Gasteiger partial charge in [-0.2, -0.15) is 0 Å². The highest BCUT2D eigenvalue weighted by Gasteiger charge is 2.22. The predicted molar refractivity (Wildman–Crippen MR) is 86.2 cm³/mol. The third-order valence-electron chi connectivity index (χ3n) is 3.70. The Morgan fingerprint density at radius 2 is 1.90 bits per heavy atom. The second kappa shape index (κ2) is 6.59. The first kappa shape index (κ1) is 15.3. The summed E-state index contributed by atoms with van der Waals surface area (Å²) in [7, 11) is 0. The number of carbonyl (C=O) groups is 1. The topological polar surface area (TPSA) is 35.6 Å². The molecule has 0 aromatic heterocycles. The van der Waals surface area contributed by atoms with E-state index in [1.54, 1.807) is 0 Å². The minimum atomic E-state index is -0.0158. The Balaban J connectivity index is 1.93. The van der Waals surface area contributed by atoms with Gasteiger partial charge in [-0.05, 0) is 54.4 Å². The van der Waals surface area contributed by atoms with Crippen LogP contribution < -0.4 is 5.32 Å². The van der Waals surface area contributed by atoms with Crippen LogP contribution in [0.1, 0.15) is 19.4 Å². The predicted octanol–water partition coefficient (Wildman–Crippen LogP) is 3.32. The second-order valence-corrected chi connectivity index (χ2v) is 6.38. The van der Waals surface area contributed by atoms with Gasteiger partial charge in [-0.1, -0.05) is 6.07 Å². The van der Waals surface area contributed by atoms with Gasteiger partial charge in [-0.15, -0.1) is 0 Å². The van der Waals surface area contributed by atoms with Gasteiger partial charge in [0.1, 0.15) is 0 Å². The van der Waals surface area contributed by atoms with E-state index >= 15 is 0 Å². The van der Waals surface area contributed by atoms with Crippen LogP contribution in [-0.2, 0) is 0 Å². The van der Waals surface area contributed by atoms with Gasteiger partial charge >= 0.3 is 6.03 Å². The van der Waals surface area contributed by atoms with E-state index < -0.39 is 0 Å². The van der Waals surface area contributed by atoms with Crippen LogP contribution in [0.5, 0.6) is 0 Å². The fraction of sp³-hybridized carbons (Fsp3) is 0.533. The van der Waals surface area contributed by atoms with Crippen molar-refractivity contribution in [2.75, 3.05) is 31.5 Å². The maximum absolute atomic E-state index is 12.3. The van der Waals surface area contributed by atoms with Crippen molar-refractivity contribution in [2.45, 2.75) is 26.8 Å². The summed E-state index contributed by atoms with van der Waals surface area (Å²) in [6.07, 6.45) is 0. The maximum atomic E-state index is 12.3. The molecule has 1 aliphatic heterocycles. The number of anilines is 1. The molecule has 0 unspecified atom stereocenters. The summed E-state index contributed by atoms with van der Waals surface area (Å²) in [6.45, 7) is 9.88. The number of nitrogens with zero attached hydrogens (tertiary/aromatic N) is 2. The number of piperazine rings is 1. The van der Waals surface area contributed by atoms with Crippen LogP contribution >= 0.6 is 15.9 Å². The zero-order valence-electron chi connectivity index (χ0n) is 12.3. The molecule has 1 aliphatic rings. The average molecular weight is 340 g/mol. The van der Waals surface area contributed by atoms with E-state index in [4.69, 9.17) is 0 Å². The smallest absolute Gasteiger partial charge is 0.321 e. The number of urea groups is 1. The summed E-state index contributed by atoms with van der Waals surface area (Å²) in [4.78, 5) is 16.5. The van der Waals surface area contributed by atoms with Gasteiger partial charge in [0.2, 0.25) is 0 Å². The van der Waals surface area contributed by atoms with Crippen molar-refractivity contribution in [3.63, 3.8) is 0 Å². The zero-order chi connectivity index (χ0) is 14.7. The normalized spacial score (nSPS) is 16.6. The third kappa shape index (κ3) is 3.73. The molecule has 1 aromatic rings. The summed E-state index contributed by atoms with van der Waals surface area (Å²) < 4.78 is 0.923. The Morgan fingerprint density at radius 3 is 2.45 bits per heavy atom. The first-order chi connectivity index (χ1) is 9.47. The second-order valence-electron chi connectivity index (χ2n) is 5.53. The number of benzene rings is 1. The number of rotatable bonds is 2. The number of carbonyl (C=O) groups excluding carboxylic acids is 1. The van der Waals surface area contributed by atoms with Crippen molar-refractivity contribution in [3.05, 3.63) is 28.2 Å². The molecule has 2 amide bonds. The zero-order valence-corrected chi connectivity index (χ0v) is 13.9. The highest BCUT2D eigenvalue weighted by Crippen LogP contribution is 2.23. The van der Waals surface area contributed by atoms with Crippen LogP contribution in [-0.4, -0.2) is 48.1 Å². The molecule has 110 valence electrons. The van der Waals surface area contributed by atoms with Crippen LogP contribution in [0.3, 0.4) is 0 Å². The molecule has 0 saturated carbocycles. The van der Waals surface area contributed by atoms with Gasteiger partial charge in [0.05, 0.1) is 5.69 Å². The number of hydrogen-bond acceptors (Lipinski definition) is 2. The summed E-state index contributed by atoms with van der Waals surface area (Å²) in [5.74, 6) is 0. The molecule has 1 heterocycles. The molecule has 1 aromatic carbocycles. The highest BCUT2D eigenvalue weighted by molar-refractivity contribution is 9.10. The molecule has 4 nitrogen and oxygen atoms in total. The van der Waals surface area contributed by atoms with E-state index in [-0.39, 0.29) is 6.03 Å². The minimum Gasteiger partial charge on any atom is -0.322 e. The van der Waals surface area contributed by atoms with Crippen molar-refractivity contribution >= 4 is 27.6 Å². The summed E-state index contributed by atoms with van der Waals surface area (Å²) >= 11 is 3.49. The van der Waals surface area contributed by atoms with Crippen molar-refractivity contribution in [2.24, 2.45) is 0 Å². The fourth-order valence-corrected chi connectivity index (χ4v) is 2.95. The van der Waals surface area contributed by atoms with Gasteiger partial charge in [-0.25, -0.2) is 4.79 Å². The lowest BCUT2D eigenvalue weighted by molar-refractivity contribution is 0.125. The van der Waals surface area contributed by atoms with E-state index in [0.29, 0.717) is 6.04 Å². The van der Waals surface area contributed by atoms with E-state index in [2.05, 4.69) is 40.0 Å². The average Bonchev–Trinajstić information content (AvgIpc) is 2.42. The molecule has 0 atom stereocenters. The molecule has 5 heteroatoms. The van der Waals surface area contributed by atoms with E-state index in [1.807, 2.05) is 30.0 Å². The Kier molecular flexibility index (Phi) is 5.05. The molecule has 0 radical (unpaired) electrons. The van der Waals surface area contributed by atoms with Crippen molar-refractivity contribution in [1.82, 2.24) is 9.80 Å². The summed E-state index contributed by atoms with van der Waals surface area (Å²) in [6, 6.07) is 6.47. The van der Waals surface area contributed by atoms with Gasteiger partial charge in [0.15, 0.2) is 0 Å². The van der Waals surface area contributed by atoms with Crippen LogP contribution in [0, 0.1) is 6.92 Å². The van der Waals surface area contributed by atoms with E-state index in [0.717, 1.165) is 36.3 Å². The molecule has 2 rings (SSSR count).